The van der Waals surface area contributed by atoms with Gasteiger partial charge in [0, 0.05) is 11.3 Å². The largest absolute Gasteiger partial charge is 0.346 e. The van der Waals surface area contributed by atoms with Crippen molar-refractivity contribution < 1.29 is 9.47 Å². The molecule has 0 radical (unpaired) electrons. The molecule has 2 fully saturated rings. The Morgan fingerprint density at radius 2 is 1.40 bits per heavy atom. The lowest BCUT2D eigenvalue weighted by molar-refractivity contribution is -0.224. The third kappa shape index (κ3) is 1.87. The summed E-state index contributed by atoms with van der Waals surface area (Å²) in [6.07, 6.45) is 1.10. The maximum atomic E-state index is 6.33. The summed E-state index contributed by atoms with van der Waals surface area (Å²) in [7, 11) is 0. The highest BCUT2D eigenvalue weighted by molar-refractivity contribution is 5.98. The van der Waals surface area contributed by atoms with Gasteiger partial charge in [0.25, 0.3) is 0 Å². The Morgan fingerprint density at radius 1 is 0.840 bits per heavy atom. The lowest BCUT2D eigenvalue weighted by Gasteiger charge is -2.46. The molecule has 128 valence electrons. The standard InChI is InChI=1S/C23H24O2/c1-16-19-15-22(2,23(16)24-13-14-25-23)21(18-11-7-4-8-12-18)20(19)17-9-5-3-6-10-17/h3-12,16,19H,13-15H2,1-2H3/t16-,19-,22-/m0/s1. The number of hydrogen-bond donors (Lipinski definition) is 0. The summed E-state index contributed by atoms with van der Waals surface area (Å²) < 4.78 is 12.7. The van der Waals surface area contributed by atoms with Crippen LogP contribution in [-0.4, -0.2) is 19.0 Å². The van der Waals surface area contributed by atoms with Gasteiger partial charge in [-0.25, -0.2) is 0 Å². The number of hydrogen-bond acceptors (Lipinski definition) is 2. The third-order valence-electron chi connectivity index (χ3n) is 6.66. The van der Waals surface area contributed by atoms with Gasteiger partial charge in [0.15, 0.2) is 5.79 Å². The van der Waals surface area contributed by atoms with Crippen LogP contribution >= 0.6 is 0 Å². The number of benzene rings is 2. The first-order chi connectivity index (χ1) is 12.2. The fourth-order valence-corrected chi connectivity index (χ4v) is 5.70. The van der Waals surface area contributed by atoms with Crippen LogP contribution in [0.1, 0.15) is 31.4 Å². The van der Waals surface area contributed by atoms with Crippen molar-refractivity contribution in [2.75, 3.05) is 13.2 Å². The zero-order valence-electron chi connectivity index (χ0n) is 14.9. The van der Waals surface area contributed by atoms with Crippen LogP contribution in [-0.2, 0) is 9.47 Å². The van der Waals surface area contributed by atoms with Crippen LogP contribution in [0.15, 0.2) is 60.7 Å². The topological polar surface area (TPSA) is 18.5 Å². The van der Waals surface area contributed by atoms with E-state index in [2.05, 4.69) is 74.5 Å². The zero-order chi connectivity index (χ0) is 17.1. The Balaban J connectivity index is 1.79. The summed E-state index contributed by atoms with van der Waals surface area (Å²) in [6, 6.07) is 21.7. The molecule has 1 saturated carbocycles. The van der Waals surface area contributed by atoms with Gasteiger partial charge in [-0.2, -0.15) is 0 Å². The van der Waals surface area contributed by atoms with Crippen molar-refractivity contribution in [1.82, 2.24) is 0 Å². The highest BCUT2D eigenvalue weighted by Gasteiger charge is 2.70. The van der Waals surface area contributed by atoms with E-state index >= 15 is 0 Å². The third-order valence-corrected chi connectivity index (χ3v) is 6.66. The molecule has 2 aliphatic carbocycles. The van der Waals surface area contributed by atoms with Gasteiger partial charge in [0.05, 0.1) is 13.2 Å². The number of fused-ring (bicyclic) bond motifs is 3. The summed E-state index contributed by atoms with van der Waals surface area (Å²) in [5.41, 5.74) is 5.45. The second-order valence-electron chi connectivity index (χ2n) is 7.82. The van der Waals surface area contributed by atoms with E-state index in [-0.39, 0.29) is 5.41 Å². The molecule has 0 unspecified atom stereocenters. The molecule has 0 N–H and O–H groups in total. The highest BCUT2D eigenvalue weighted by atomic mass is 16.7. The summed E-state index contributed by atoms with van der Waals surface area (Å²) in [5.74, 6) is 0.365. The summed E-state index contributed by atoms with van der Waals surface area (Å²) in [4.78, 5) is 0. The van der Waals surface area contributed by atoms with Crippen LogP contribution in [0.5, 0.6) is 0 Å². The minimum Gasteiger partial charge on any atom is -0.346 e. The predicted molar refractivity (Wildman–Crippen MR) is 99.7 cm³/mol. The summed E-state index contributed by atoms with van der Waals surface area (Å²) in [6.45, 7) is 6.07. The van der Waals surface area contributed by atoms with Crippen LogP contribution in [0, 0.1) is 17.3 Å². The quantitative estimate of drug-likeness (QED) is 0.769. The maximum absolute atomic E-state index is 6.33. The minimum atomic E-state index is -0.471. The fraction of sp³-hybridized carbons (Fsp3) is 0.391. The molecule has 0 aromatic heterocycles. The first-order valence-electron chi connectivity index (χ1n) is 9.31. The van der Waals surface area contributed by atoms with E-state index in [9.17, 15) is 0 Å². The molecule has 25 heavy (non-hydrogen) atoms. The number of rotatable bonds is 2. The van der Waals surface area contributed by atoms with Gasteiger partial charge in [-0.15, -0.1) is 0 Å². The van der Waals surface area contributed by atoms with E-state index in [1.807, 2.05) is 0 Å². The second-order valence-corrected chi connectivity index (χ2v) is 7.82. The van der Waals surface area contributed by atoms with Crippen LogP contribution in [0.3, 0.4) is 0 Å². The Labute approximate surface area is 149 Å². The Morgan fingerprint density at radius 3 is 2.00 bits per heavy atom. The number of ether oxygens (including phenoxy) is 2. The molecule has 1 aliphatic heterocycles. The SMILES string of the molecule is C[C@H]1[C@@H]2C[C@@](C)(C(c3ccccc3)=C2c2ccccc2)C12OCCO2. The summed E-state index contributed by atoms with van der Waals surface area (Å²) >= 11 is 0. The van der Waals surface area contributed by atoms with E-state index in [4.69, 9.17) is 9.47 Å². The molecular weight excluding hydrogens is 308 g/mol. The number of allylic oxidation sites excluding steroid dienone is 1. The van der Waals surface area contributed by atoms with Gasteiger partial charge in [-0.05, 0) is 34.6 Å². The van der Waals surface area contributed by atoms with E-state index in [0.29, 0.717) is 25.0 Å². The monoisotopic (exact) mass is 332 g/mol. The molecule has 1 saturated heterocycles. The molecule has 1 spiro atoms. The van der Waals surface area contributed by atoms with Crippen molar-refractivity contribution >= 4 is 11.1 Å². The van der Waals surface area contributed by atoms with Gasteiger partial charge in [0.2, 0.25) is 0 Å². The molecule has 2 aromatic rings. The minimum absolute atomic E-state index is 0.111. The molecule has 5 rings (SSSR count). The molecule has 1 heterocycles. The van der Waals surface area contributed by atoms with Gasteiger partial charge in [-0.3, -0.25) is 0 Å². The Kier molecular flexibility index (Phi) is 3.25. The molecule has 0 amide bonds. The average molecular weight is 332 g/mol. The fourth-order valence-electron chi connectivity index (χ4n) is 5.70. The van der Waals surface area contributed by atoms with E-state index < -0.39 is 5.79 Å². The Bertz CT molecular complexity index is 818. The van der Waals surface area contributed by atoms with Crippen LogP contribution in [0.25, 0.3) is 11.1 Å². The van der Waals surface area contributed by atoms with Crippen LogP contribution in [0.2, 0.25) is 0 Å². The van der Waals surface area contributed by atoms with Crippen molar-refractivity contribution in [1.29, 1.82) is 0 Å². The smallest absolute Gasteiger partial charge is 0.181 e. The van der Waals surface area contributed by atoms with Crippen LogP contribution < -0.4 is 0 Å². The van der Waals surface area contributed by atoms with Gasteiger partial charge in [-0.1, -0.05) is 74.5 Å². The lowest BCUT2D eigenvalue weighted by Crippen LogP contribution is -2.49. The maximum Gasteiger partial charge on any atom is 0.181 e. The van der Waals surface area contributed by atoms with Gasteiger partial charge in [0.1, 0.15) is 0 Å². The van der Waals surface area contributed by atoms with Gasteiger partial charge < -0.3 is 9.47 Å². The molecule has 3 atom stereocenters. The normalized spacial score (nSPS) is 32.7. The van der Waals surface area contributed by atoms with Gasteiger partial charge >= 0.3 is 0 Å². The first-order valence-corrected chi connectivity index (χ1v) is 9.31. The molecule has 2 aromatic carbocycles. The molecule has 3 aliphatic rings. The van der Waals surface area contributed by atoms with Crippen molar-refractivity contribution in [3.8, 4) is 0 Å². The van der Waals surface area contributed by atoms with Crippen molar-refractivity contribution in [2.24, 2.45) is 17.3 Å². The predicted octanol–water partition coefficient (Wildman–Crippen LogP) is 5.02. The summed E-state index contributed by atoms with van der Waals surface area (Å²) in [5, 5.41) is 0. The molecule has 2 bridgehead atoms. The first kappa shape index (κ1) is 15.4. The van der Waals surface area contributed by atoms with Crippen molar-refractivity contribution in [3.05, 3.63) is 71.8 Å². The van der Waals surface area contributed by atoms with Crippen LogP contribution in [0.4, 0.5) is 0 Å². The van der Waals surface area contributed by atoms with E-state index in [1.165, 1.54) is 22.3 Å². The van der Waals surface area contributed by atoms with E-state index in [0.717, 1.165) is 6.42 Å². The highest BCUT2D eigenvalue weighted by Crippen LogP contribution is 2.71. The average Bonchev–Trinajstić information content (AvgIpc) is 3.31. The zero-order valence-corrected chi connectivity index (χ0v) is 14.9. The molecular formula is C23H24O2. The van der Waals surface area contributed by atoms with E-state index in [1.54, 1.807) is 0 Å². The van der Waals surface area contributed by atoms with Crippen molar-refractivity contribution in [3.63, 3.8) is 0 Å². The van der Waals surface area contributed by atoms with Crippen molar-refractivity contribution in [2.45, 2.75) is 26.1 Å². The lowest BCUT2D eigenvalue weighted by atomic mass is 9.68. The second kappa shape index (κ2) is 5.30. The Hall–Kier alpha value is -1.90. The molecule has 2 heteroatoms. The molecule has 2 nitrogen and oxygen atoms in total.